The van der Waals surface area contributed by atoms with Gasteiger partial charge in [0.2, 0.25) is 5.89 Å². The van der Waals surface area contributed by atoms with Crippen LogP contribution in [0.4, 0.5) is 17.1 Å². The summed E-state index contributed by atoms with van der Waals surface area (Å²) in [6.45, 7) is 0. The minimum atomic E-state index is 0.629. The van der Waals surface area contributed by atoms with Crippen molar-refractivity contribution in [1.82, 2.24) is 4.98 Å². The molecular weight excluding hydrogens is 681 g/mol. The molecule has 3 aromatic heterocycles. The molecule has 0 radical (unpaired) electrons. The minimum Gasteiger partial charge on any atom is -0.456 e. The first kappa shape index (κ1) is 30.7. The summed E-state index contributed by atoms with van der Waals surface area (Å²) in [7, 11) is 0. The van der Waals surface area contributed by atoms with Crippen molar-refractivity contribution in [2.75, 3.05) is 4.90 Å². The molecule has 0 saturated carbocycles. The summed E-state index contributed by atoms with van der Waals surface area (Å²) in [6.07, 6.45) is 0. The lowest BCUT2D eigenvalue weighted by atomic mass is 9.99. The number of rotatable bonds is 6. The molecular formula is C49H30N2O2S. The van der Waals surface area contributed by atoms with Gasteiger partial charge in [-0.15, -0.1) is 11.3 Å². The zero-order valence-electron chi connectivity index (χ0n) is 28.9. The smallest absolute Gasteiger partial charge is 0.227 e. The number of nitrogens with zero attached hydrogens (tertiary/aromatic N) is 2. The van der Waals surface area contributed by atoms with Crippen LogP contribution in [0, 0.1) is 0 Å². The van der Waals surface area contributed by atoms with Gasteiger partial charge in [0.15, 0.2) is 5.58 Å². The van der Waals surface area contributed by atoms with Gasteiger partial charge in [0.05, 0.1) is 5.69 Å². The maximum atomic E-state index is 6.51. The Bertz CT molecular complexity index is 3160. The fourth-order valence-electron chi connectivity index (χ4n) is 7.80. The summed E-state index contributed by atoms with van der Waals surface area (Å²) < 4.78 is 15.2. The van der Waals surface area contributed by atoms with Crippen LogP contribution in [0.25, 0.3) is 86.9 Å². The van der Waals surface area contributed by atoms with Crippen molar-refractivity contribution in [2.24, 2.45) is 0 Å². The molecule has 0 unspecified atom stereocenters. The second-order valence-corrected chi connectivity index (χ2v) is 14.6. The number of hydrogen-bond donors (Lipinski definition) is 0. The second kappa shape index (κ2) is 12.3. The molecule has 11 rings (SSSR count). The summed E-state index contributed by atoms with van der Waals surface area (Å²) >= 11 is 1.81. The monoisotopic (exact) mass is 710 g/mol. The van der Waals surface area contributed by atoms with Gasteiger partial charge in [-0.2, -0.15) is 0 Å². The standard InChI is InChI=1S/C49H30N2O2S/c1-3-13-31(14-4-1)36-17-7-10-20-41(36)51(35-27-28-43-40(29-35)37-18-8-11-21-42(37)52-43)34-25-23-32(24-26-34)39-30-44-47(50-49(53-44)33-15-5-2-6-16-33)46-38-19-9-12-22-45(38)54-48(39)46/h1-30H. The van der Waals surface area contributed by atoms with Crippen molar-refractivity contribution in [2.45, 2.75) is 0 Å². The number of furan rings is 1. The Hall–Kier alpha value is -6.95. The minimum absolute atomic E-state index is 0.629. The van der Waals surface area contributed by atoms with Crippen molar-refractivity contribution in [3.63, 3.8) is 0 Å². The number of hydrogen-bond acceptors (Lipinski definition) is 5. The predicted octanol–water partition coefficient (Wildman–Crippen LogP) is 14.6. The van der Waals surface area contributed by atoms with E-state index in [0.717, 1.165) is 83.3 Å². The Morgan fingerprint density at radius 1 is 0.444 bits per heavy atom. The average molecular weight is 711 g/mol. The molecule has 8 aromatic carbocycles. The maximum absolute atomic E-state index is 6.51. The molecule has 0 amide bonds. The molecule has 3 heterocycles. The summed E-state index contributed by atoms with van der Waals surface area (Å²) in [5.74, 6) is 0.629. The average Bonchev–Trinajstić information content (AvgIpc) is 3.95. The number of thiophene rings is 1. The Labute approximate surface area is 314 Å². The molecule has 0 aliphatic carbocycles. The first-order valence-corrected chi connectivity index (χ1v) is 18.8. The van der Waals surface area contributed by atoms with E-state index >= 15 is 0 Å². The molecule has 0 spiro atoms. The maximum Gasteiger partial charge on any atom is 0.227 e. The van der Waals surface area contributed by atoms with Crippen LogP contribution in [0.1, 0.15) is 0 Å². The van der Waals surface area contributed by atoms with Gasteiger partial charge in [0, 0.05) is 59.0 Å². The lowest BCUT2D eigenvalue weighted by molar-refractivity contribution is 0.620. The van der Waals surface area contributed by atoms with Crippen LogP contribution >= 0.6 is 11.3 Å². The highest BCUT2D eigenvalue weighted by molar-refractivity contribution is 7.26. The van der Waals surface area contributed by atoms with Gasteiger partial charge in [0.1, 0.15) is 16.7 Å². The number of benzene rings is 8. The third-order valence-electron chi connectivity index (χ3n) is 10.3. The third-order valence-corrected chi connectivity index (χ3v) is 11.5. The van der Waals surface area contributed by atoms with E-state index in [2.05, 4.69) is 144 Å². The van der Waals surface area contributed by atoms with Crippen molar-refractivity contribution >= 4 is 81.6 Å². The van der Waals surface area contributed by atoms with Gasteiger partial charge < -0.3 is 13.7 Å². The van der Waals surface area contributed by atoms with E-state index in [1.54, 1.807) is 0 Å². The van der Waals surface area contributed by atoms with E-state index < -0.39 is 0 Å². The van der Waals surface area contributed by atoms with E-state index in [-0.39, 0.29) is 0 Å². The predicted molar refractivity (Wildman–Crippen MR) is 225 cm³/mol. The zero-order valence-corrected chi connectivity index (χ0v) is 29.8. The first-order valence-electron chi connectivity index (χ1n) is 18.0. The van der Waals surface area contributed by atoms with Gasteiger partial charge in [-0.1, -0.05) is 115 Å². The Morgan fingerprint density at radius 3 is 1.93 bits per heavy atom. The van der Waals surface area contributed by atoms with Crippen LogP contribution in [0.5, 0.6) is 0 Å². The molecule has 54 heavy (non-hydrogen) atoms. The molecule has 5 heteroatoms. The van der Waals surface area contributed by atoms with Gasteiger partial charge in [0.25, 0.3) is 0 Å². The van der Waals surface area contributed by atoms with E-state index in [0.29, 0.717) is 5.89 Å². The normalized spacial score (nSPS) is 11.7. The lowest BCUT2D eigenvalue weighted by Gasteiger charge is -2.28. The molecule has 254 valence electrons. The van der Waals surface area contributed by atoms with Crippen molar-refractivity contribution in [3.8, 4) is 33.7 Å². The van der Waals surface area contributed by atoms with Crippen LogP contribution in [0.15, 0.2) is 191 Å². The number of oxazole rings is 1. The topological polar surface area (TPSA) is 42.4 Å². The largest absolute Gasteiger partial charge is 0.456 e. The summed E-state index contributed by atoms with van der Waals surface area (Å²) in [5, 5.41) is 4.52. The van der Waals surface area contributed by atoms with Crippen LogP contribution in [-0.4, -0.2) is 4.98 Å². The summed E-state index contributed by atoms with van der Waals surface area (Å²) in [6, 6.07) is 63.8. The third kappa shape index (κ3) is 4.94. The van der Waals surface area contributed by atoms with Gasteiger partial charge >= 0.3 is 0 Å². The first-order chi connectivity index (χ1) is 26.8. The zero-order chi connectivity index (χ0) is 35.6. The van der Waals surface area contributed by atoms with Crippen LogP contribution < -0.4 is 4.90 Å². The summed E-state index contributed by atoms with van der Waals surface area (Å²) in [4.78, 5) is 7.42. The second-order valence-electron chi connectivity index (χ2n) is 13.5. The van der Waals surface area contributed by atoms with Crippen LogP contribution in [0.3, 0.4) is 0 Å². The SMILES string of the molecule is c1ccc(-c2nc3c(cc(-c4ccc(N(c5ccc6oc7ccccc7c6c5)c5ccccc5-c5ccccc5)cc4)c4sc5ccccc5c43)o2)cc1. The highest BCUT2D eigenvalue weighted by Crippen LogP contribution is 2.47. The Kier molecular flexibility index (Phi) is 7.00. The molecule has 0 aliphatic rings. The van der Waals surface area contributed by atoms with Crippen molar-refractivity contribution in [3.05, 3.63) is 182 Å². The Morgan fingerprint density at radius 2 is 1.09 bits per heavy atom. The summed E-state index contributed by atoms with van der Waals surface area (Å²) in [5.41, 5.74) is 12.1. The molecule has 0 saturated heterocycles. The van der Waals surface area contributed by atoms with Crippen molar-refractivity contribution < 1.29 is 8.83 Å². The van der Waals surface area contributed by atoms with E-state index in [1.165, 1.54) is 14.8 Å². The highest BCUT2D eigenvalue weighted by atomic mass is 32.1. The number of fused-ring (bicyclic) bond motifs is 8. The number of anilines is 3. The van der Waals surface area contributed by atoms with Gasteiger partial charge in [-0.3, -0.25) is 0 Å². The van der Waals surface area contributed by atoms with Gasteiger partial charge in [-0.25, -0.2) is 4.98 Å². The number of aromatic nitrogens is 1. The van der Waals surface area contributed by atoms with Gasteiger partial charge in [-0.05, 0) is 77.9 Å². The van der Waals surface area contributed by atoms with E-state index in [9.17, 15) is 0 Å². The molecule has 0 atom stereocenters. The van der Waals surface area contributed by atoms with E-state index in [1.807, 2.05) is 53.8 Å². The van der Waals surface area contributed by atoms with Crippen LogP contribution in [0.2, 0.25) is 0 Å². The quantitative estimate of drug-likeness (QED) is 0.172. The molecule has 0 bridgehead atoms. The fourth-order valence-corrected chi connectivity index (χ4v) is 9.04. The molecule has 0 aliphatic heterocycles. The molecule has 4 nitrogen and oxygen atoms in total. The number of para-hydroxylation sites is 2. The molecule has 11 aromatic rings. The van der Waals surface area contributed by atoms with Crippen LogP contribution in [-0.2, 0) is 0 Å². The Balaban J connectivity index is 1.10. The fraction of sp³-hybridized carbons (Fsp3) is 0. The highest BCUT2D eigenvalue weighted by Gasteiger charge is 2.22. The molecule has 0 fully saturated rings. The van der Waals surface area contributed by atoms with Crippen molar-refractivity contribution in [1.29, 1.82) is 0 Å². The van der Waals surface area contributed by atoms with E-state index in [4.69, 9.17) is 13.8 Å². The molecule has 0 N–H and O–H groups in total. The lowest BCUT2D eigenvalue weighted by Crippen LogP contribution is -2.11.